The van der Waals surface area contributed by atoms with Crippen LogP contribution in [0.3, 0.4) is 0 Å². The zero-order chi connectivity index (χ0) is 14.7. The molecule has 0 saturated carbocycles. The number of sulfone groups is 2. The molecule has 19 heavy (non-hydrogen) atoms. The summed E-state index contributed by atoms with van der Waals surface area (Å²) in [5.41, 5.74) is 5.65. The molecular formula is C11H16ClNO4S2. The minimum Gasteiger partial charge on any atom is -0.398 e. The van der Waals surface area contributed by atoms with Crippen LogP contribution in [0.2, 0.25) is 5.02 Å². The molecule has 1 aromatic carbocycles. The summed E-state index contributed by atoms with van der Waals surface area (Å²) < 4.78 is 47.2. The van der Waals surface area contributed by atoms with Crippen LogP contribution in [-0.4, -0.2) is 34.1 Å². The largest absolute Gasteiger partial charge is 0.398 e. The maximum absolute atomic E-state index is 12.1. The van der Waals surface area contributed by atoms with E-state index in [0.717, 1.165) is 0 Å². The van der Waals surface area contributed by atoms with Crippen LogP contribution in [0.15, 0.2) is 23.1 Å². The Labute approximate surface area is 118 Å². The van der Waals surface area contributed by atoms with Gasteiger partial charge in [-0.2, -0.15) is 0 Å². The molecule has 2 N–H and O–H groups in total. The normalized spacial score (nSPS) is 12.5. The van der Waals surface area contributed by atoms with Gasteiger partial charge in [0, 0.05) is 10.8 Å². The Balaban J connectivity index is 2.97. The summed E-state index contributed by atoms with van der Waals surface area (Å²) in [5, 5.41) is 0.240. The number of hydrogen-bond donors (Lipinski definition) is 1. The minimum atomic E-state index is -3.75. The van der Waals surface area contributed by atoms with E-state index in [2.05, 4.69) is 0 Å². The highest BCUT2D eigenvalue weighted by atomic mass is 35.5. The monoisotopic (exact) mass is 325 g/mol. The van der Waals surface area contributed by atoms with Gasteiger partial charge in [-0.05, 0) is 24.6 Å². The number of nitrogen functional groups attached to an aromatic ring is 1. The van der Waals surface area contributed by atoms with Gasteiger partial charge in [-0.1, -0.05) is 18.5 Å². The van der Waals surface area contributed by atoms with Crippen molar-refractivity contribution in [3.8, 4) is 0 Å². The van der Waals surface area contributed by atoms with E-state index in [-0.39, 0.29) is 21.4 Å². The molecular weight excluding hydrogens is 310 g/mol. The first kappa shape index (κ1) is 16.3. The van der Waals surface area contributed by atoms with E-state index in [1.165, 1.54) is 18.2 Å². The van der Waals surface area contributed by atoms with E-state index in [9.17, 15) is 16.8 Å². The lowest BCUT2D eigenvalue weighted by Crippen LogP contribution is -2.20. The minimum absolute atomic E-state index is 0.0203. The fraction of sp³-hybridized carbons (Fsp3) is 0.455. The summed E-state index contributed by atoms with van der Waals surface area (Å²) in [6.07, 6.45) is 0.460. The number of benzene rings is 1. The molecule has 0 aliphatic rings. The fourth-order valence-electron chi connectivity index (χ4n) is 1.54. The van der Waals surface area contributed by atoms with Crippen LogP contribution in [-0.2, 0) is 19.7 Å². The van der Waals surface area contributed by atoms with Gasteiger partial charge >= 0.3 is 0 Å². The third kappa shape index (κ3) is 4.67. The van der Waals surface area contributed by atoms with Gasteiger partial charge in [0.1, 0.15) is 0 Å². The molecule has 0 bridgehead atoms. The zero-order valence-corrected chi connectivity index (χ0v) is 12.9. The smallest absolute Gasteiger partial charge is 0.181 e. The molecule has 0 amide bonds. The fourth-order valence-corrected chi connectivity index (χ4v) is 5.45. The summed E-state index contributed by atoms with van der Waals surface area (Å²) in [6, 6.07) is 4.10. The van der Waals surface area contributed by atoms with Crippen molar-refractivity contribution >= 4 is 37.0 Å². The van der Waals surface area contributed by atoms with Gasteiger partial charge in [0.25, 0.3) is 0 Å². The maximum atomic E-state index is 12.1. The second kappa shape index (κ2) is 6.11. The highest BCUT2D eigenvalue weighted by Crippen LogP contribution is 2.23. The van der Waals surface area contributed by atoms with E-state index in [4.69, 9.17) is 17.3 Å². The first-order chi connectivity index (χ1) is 8.68. The highest BCUT2D eigenvalue weighted by molar-refractivity contribution is 7.95. The van der Waals surface area contributed by atoms with E-state index in [1.807, 2.05) is 0 Å². The number of hydrogen-bond acceptors (Lipinski definition) is 5. The Kier molecular flexibility index (Phi) is 5.23. The lowest BCUT2D eigenvalue weighted by atomic mass is 10.3. The molecule has 0 spiro atoms. The van der Waals surface area contributed by atoms with Crippen LogP contribution in [0.5, 0.6) is 0 Å². The van der Waals surface area contributed by atoms with Gasteiger partial charge in [-0.15, -0.1) is 0 Å². The van der Waals surface area contributed by atoms with Crippen LogP contribution in [0.4, 0.5) is 5.69 Å². The van der Waals surface area contributed by atoms with Crippen molar-refractivity contribution in [3.63, 3.8) is 0 Å². The summed E-state index contributed by atoms with van der Waals surface area (Å²) in [6.45, 7) is 1.72. The van der Waals surface area contributed by atoms with Gasteiger partial charge in [0.2, 0.25) is 0 Å². The molecule has 0 atom stereocenters. The Hall–Kier alpha value is -0.790. The second-order valence-corrected chi connectivity index (χ2v) is 8.97. The summed E-state index contributed by atoms with van der Waals surface area (Å²) in [7, 11) is -7.10. The standard InChI is InChI=1S/C11H16ClNO4S2/c1-2-5-18(14,15)6-7-19(16,17)11-8-9(12)3-4-10(11)13/h3-4,8H,2,5-7,13H2,1H3. The quantitative estimate of drug-likeness (QED) is 0.800. The van der Waals surface area contributed by atoms with Crippen LogP contribution in [0.1, 0.15) is 13.3 Å². The predicted molar refractivity (Wildman–Crippen MR) is 76.9 cm³/mol. The third-order valence-electron chi connectivity index (χ3n) is 2.49. The van der Waals surface area contributed by atoms with Gasteiger partial charge in [-0.25, -0.2) is 16.8 Å². The Bertz CT molecular complexity index is 653. The van der Waals surface area contributed by atoms with Gasteiger partial charge in [0.05, 0.1) is 22.1 Å². The molecule has 0 fully saturated rings. The molecule has 1 rings (SSSR count). The first-order valence-electron chi connectivity index (χ1n) is 5.66. The molecule has 5 nitrogen and oxygen atoms in total. The third-order valence-corrected chi connectivity index (χ3v) is 6.60. The second-order valence-electron chi connectivity index (χ2n) is 4.15. The van der Waals surface area contributed by atoms with Crippen LogP contribution >= 0.6 is 11.6 Å². The number of halogens is 1. The molecule has 0 unspecified atom stereocenters. The van der Waals surface area contributed by atoms with Crippen molar-refractivity contribution in [2.24, 2.45) is 0 Å². The maximum Gasteiger partial charge on any atom is 0.181 e. The van der Waals surface area contributed by atoms with Gasteiger partial charge < -0.3 is 5.73 Å². The molecule has 0 radical (unpaired) electrons. The summed E-state index contributed by atoms with van der Waals surface area (Å²) in [4.78, 5) is -0.119. The Morgan fingerprint density at radius 3 is 2.32 bits per heavy atom. The van der Waals surface area contributed by atoms with Gasteiger partial charge in [0.15, 0.2) is 19.7 Å². The van der Waals surface area contributed by atoms with Crippen LogP contribution in [0, 0.1) is 0 Å². The van der Waals surface area contributed by atoms with Crippen molar-refractivity contribution < 1.29 is 16.8 Å². The number of anilines is 1. The lowest BCUT2D eigenvalue weighted by Gasteiger charge is -2.08. The summed E-state index contributed by atoms with van der Waals surface area (Å²) >= 11 is 5.72. The highest BCUT2D eigenvalue weighted by Gasteiger charge is 2.21. The molecule has 0 aliphatic carbocycles. The summed E-state index contributed by atoms with van der Waals surface area (Å²) in [5.74, 6) is -0.914. The Morgan fingerprint density at radius 2 is 1.74 bits per heavy atom. The zero-order valence-electron chi connectivity index (χ0n) is 10.5. The van der Waals surface area contributed by atoms with Gasteiger partial charge in [-0.3, -0.25) is 0 Å². The topological polar surface area (TPSA) is 94.3 Å². The number of rotatable bonds is 6. The molecule has 1 aromatic rings. The molecule has 108 valence electrons. The van der Waals surface area contributed by atoms with Crippen molar-refractivity contribution in [1.82, 2.24) is 0 Å². The molecule has 0 aromatic heterocycles. The average molecular weight is 326 g/mol. The molecule has 0 heterocycles. The van der Waals surface area contributed by atoms with E-state index in [1.54, 1.807) is 6.92 Å². The van der Waals surface area contributed by atoms with E-state index in [0.29, 0.717) is 6.42 Å². The van der Waals surface area contributed by atoms with Crippen molar-refractivity contribution in [2.75, 3.05) is 23.0 Å². The molecule has 8 heteroatoms. The first-order valence-corrected chi connectivity index (χ1v) is 9.51. The van der Waals surface area contributed by atoms with Crippen molar-refractivity contribution in [1.29, 1.82) is 0 Å². The van der Waals surface area contributed by atoms with Crippen molar-refractivity contribution in [2.45, 2.75) is 18.2 Å². The van der Waals surface area contributed by atoms with E-state index >= 15 is 0 Å². The SMILES string of the molecule is CCCS(=O)(=O)CCS(=O)(=O)c1cc(Cl)ccc1N. The van der Waals surface area contributed by atoms with Crippen LogP contribution < -0.4 is 5.73 Å². The van der Waals surface area contributed by atoms with Crippen molar-refractivity contribution in [3.05, 3.63) is 23.2 Å². The molecule has 0 aliphatic heterocycles. The average Bonchev–Trinajstić information content (AvgIpc) is 2.30. The molecule has 0 saturated heterocycles. The lowest BCUT2D eigenvalue weighted by molar-refractivity contribution is 0.587. The number of nitrogens with two attached hydrogens (primary N) is 1. The predicted octanol–water partition coefficient (Wildman–Crippen LogP) is 1.52. The van der Waals surface area contributed by atoms with E-state index < -0.39 is 31.2 Å². The Morgan fingerprint density at radius 1 is 1.11 bits per heavy atom. The van der Waals surface area contributed by atoms with Crippen LogP contribution in [0.25, 0.3) is 0 Å².